The second-order valence-electron chi connectivity index (χ2n) is 10.9. The van der Waals surface area contributed by atoms with Crippen molar-refractivity contribution in [3.05, 3.63) is 70.8 Å². The molecule has 2 aromatic rings. The largest absolute Gasteiger partial charge is 0.390 e. The van der Waals surface area contributed by atoms with E-state index in [2.05, 4.69) is 34.6 Å². The number of hydrogen-bond donors (Lipinski definition) is 3. The molecule has 0 saturated carbocycles. The summed E-state index contributed by atoms with van der Waals surface area (Å²) in [5, 5.41) is 17.6. The van der Waals surface area contributed by atoms with Crippen molar-refractivity contribution in [2.45, 2.75) is 70.7 Å². The van der Waals surface area contributed by atoms with Gasteiger partial charge in [0, 0.05) is 32.4 Å². The maximum Gasteiger partial charge on any atom is 0.237 e. The Hall–Kier alpha value is -2.04. The number of carbonyl (C=O) groups is 1. The number of likely N-dealkylation sites (tertiary alicyclic amines) is 1. The van der Waals surface area contributed by atoms with Crippen molar-refractivity contribution in [1.29, 1.82) is 0 Å². The number of rotatable bonds is 17. The molecule has 1 unspecified atom stereocenters. The third-order valence-electron chi connectivity index (χ3n) is 7.80. The van der Waals surface area contributed by atoms with E-state index in [1.165, 1.54) is 17.7 Å². The highest BCUT2D eigenvalue weighted by molar-refractivity contribution is 7.98. The molecule has 1 aliphatic rings. The first-order valence-corrected chi connectivity index (χ1v) is 16.2. The zero-order chi connectivity index (χ0) is 29.6. The molecule has 3 rings (SSSR count). The highest BCUT2D eigenvalue weighted by atomic mass is 32.2. The highest BCUT2D eigenvalue weighted by Crippen LogP contribution is 2.22. The zero-order valence-corrected chi connectivity index (χ0v) is 25.5. The molecule has 2 aromatic carbocycles. The van der Waals surface area contributed by atoms with Gasteiger partial charge in [0.05, 0.1) is 18.2 Å². The third-order valence-corrected chi connectivity index (χ3v) is 8.44. The summed E-state index contributed by atoms with van der Waals surface area (Å²) in [4.78, 5) is 16.0. The Kier molecular flexibility index (Phi) is 14.5. The van der Waals surface area contributed by atoms with Crippen molar-refractivity contribution in [2.24, 2.45) is 5.92 Å². The number of aliphatic hydroxyl groups excluding tert-OH is 1. The Bertz CT molecular complexity index is 1050. The Morgan fingerprint density at radius 3 is 2.46 bits per heavy atom. The molecule has 1 saturated heterocycles. The van der Waals surface area contributed by atoms with E-state index in [0.717, 1.165) is 56.3 Å². The summed E-state index contributed by atoms with van der Waals surface area (Å²) in [6, 6.07) is 10.5. The number of aliphatic hydroxyl groups is 1. The summed E-state index contributed by atoms with van der Waals surface area (Å²) in [5.41, 5.74) is 2.73. The van der Waals surface area contributed by atoms with Gasteiger partial charge >= 0.3 is 0 Å². The van der Waals surface area contributed by atoms with Crippen molar-refractivity contribution in [3.63, 3.8) is 0 Å². The first-order chi connectivity index (χ1) is 19.8. The number of thioether (sulfide) groups is 1. The standard InChI is InChI=1S/C32H47F2N3O3S/c1-4-23-7-6-8-25(15-23)20-35-21-31(38)29(18-26-16-27(33)19-28(34)17-26)36-32(39)30(11-14-41-3)37-12-9-24(10-13-37)22-40-5-2/h6-8,15-17,19,24,29-31,35,38H,4-5,9-14,18,20-22H2,1-3H3,(H,36,39)/t29-,30?,31-/m0/s1. The van der Waals surface area contributed by atoms with Crippen LogP contribution < -0.4 is 10.6 Å². The van der Waals surface area contributed by atoms with Gasteiger partial charge in [0.1, 0.15) is 11.6 Å². The van der Waals surface area contributed by atoms with Gasteiger partial charge in [-0.2, -0.15) is 11.8 Å². The average molecular weight is 592 g/mol. The Morgan fingerprint density at radius 2 is 1.80 bits per heavy atom. The van der Waals surface area contributed by atoms with Gasteiger partial charge in [-0.3, -0.25) is 9.69 Å². The van der Waals surface area contributed by atoms with Crippen LogP contribution >= 0.6 is 11.8 Å². The molecule has 3 atom stereocenters. The van der Waals surface area contributed by atoms with Crippen LogP contribution in [0.3, 0.4) is 0 Å². The third kappa shape index (κ3) is 11.3. The fraction of sp³-hybridized carbons (Fsp3) is 0.594. The molecule has 0 spiro atoms. The van der Waals surface area contributed by atoms with Crippen molar-refractivity contribution >= 4 is 17.7 Å². The molecule has 1 heterocycles. The SMILES string of the molecule is CCOCC1CCN(C(CCSC)C(=O)N[C@@H](Cc2cc(F)cc(F)c2)[C@@H](O)CNCc2cccc(CC)c2)CC1. The topological polar surface area (TPSA) is 73.8 Å². The molecule has 3 N–H and O–H groups in total. The fourth-order valence-corrected chi connectivity index (χ4v) is 5.89. The number of piperidine rings is 1. The lowest BCUT2D eigenvalue weighted by Gasteiger charge is -2.37. The minimum atomic E-state index is -0.960. The molecular weight excluding hydrogens is 544 g/mol. The van der Waals surface area contributed by atoms with E-state index in [0.29, 0.717) is 31.1 Å². The number of amides is 1. The van der Waals surface area contributed by atoms with Gasteiger partial charge in [-0.1, -0.05) is 31.2 Å². The van der Waals surface area contributed by atoms with Crippen molar-refractivity contribution < 1.29 is 23.4 Å². The second-order valence-corrected chi connectivity index (χ2v) is 11.9. The van der Waals surface area contributed by atoms with Crippen LogP contribution in [0.4, 0.5) is 8.78 Å². The molecule has 0 aromatic heterocycles. The lowest BCUT2D eigenvalue weighted by Crippen LogP contribution is -2.56. The Balaban J connectivity index is 1.70. The van der Waals surface area contributed by atoms with Gasteiger partial charge in [-0.05, 0) is 98.9 Å². The molecule has 1 fully saturated rings. The van der Waals surface area contributed by atoms with Crippen LogP contribution in [0.5, 0.6) is 0 Å². The summed E-state index contributed by atoms with van der Waals surface area (Å²) in [6.07, 6.45) is 4.75. The zero-order valence-electron chi connectivity index (χ0n) is 24.7. The van der Waals surface area contributed by atoms with E-state index in [1.807, 2.05) is 25.3 Å². The lowest BCUT2D eigenvalue weighted by molar-refractivity contribution is -0.128. The summed E-state index contributed by atoms with van der Waals surface area (Å²) in [5.74, 6) is -0.184. The molecule has 0 aliphatic carbocycles. The highest BCUT2D eigenvalue weighted by Gasteiger charge is 2.32. The number of carbonyl (C=O) groups excluding carboxylic acids is 1. The number of ether oxygens (including phenoxy) is 1. The number of halogens is 2. The van der Waals surface area contributed by atoms with E-state index >= 15 is 0 Å². The minimum Gasteiger partial charge on any atom is -0.390 e. The van der Waals surface area contributed by atoms with Crippen LogP contribution in [-0.2, 0) is 28.9 Å². The van der Waals surface area contributed by atoms with Crippen LogP contribution in [0.15, 0.2) is 42.5 Å². The van der Waals surface area contributed by atoms with Gasteiger partial charge < -0.3 is 20.5 Å². The van der Waals surface area contributed by atoms with Crippen LogP contribution in [0, 0.1) is 17.6 Å². The minimum absolute atomic E-state index is 0.111. The van der Waals surface area contributed by atoms with Crippen molar-refractivity contribution in [3.8, 4) is 0 Å². The number of benzene rings is 2. The van der Waals surface area contributed by atoms with E-state index in [9.17, 15) is 18.7 Å². The molecular formula is C32H47F2N3O3S. The summed E-state index contributed by atoms with van der Waals surface area (Å²) in [6.45, 7) is 7.97. The molecule has 0 radical (unpaired) electrons. The van der Waals surface area contributed by atoms with Gasteiger partial charge in [-0.25, -0.2) is 8.78 Å². The van der Waals surface area contributed by atoms with Crippen molar-refractivity contribution in [2.75, 3.05) is 44.9 Å². The second kappa shape index (κ2) is 17.8. The van der Waals surface area contributed by atoms with Crippen LogP contribution in [0.1, 0.15) is 49.8 Å². The smallest absolute Gasteiger partial charge is 0.237 e. The molecule has 0 bridgehead atoms. The van der Waals surface area contributed by atoms with Crippen LogP contribution in [0.2, 0.25) is 0 Å². The molecule has 6 nitrogen and oxygen atoms in total. The van der Waals surface area contributed by atoms with Crippen LogP contribution in [-0.4, -0.2) is 79.0 Å². The Morgan fingerprint density at radius 1 is 1.10 bits per heavy atom. The maximum absolute atomic E-state index is 14.0. The molecule has 1 amide bonds. The summed E-state index contributed by atoms with van der Waals surface area (Å²) < 4.78 is 33.6. The predicted octanol–water partition coefficient (Wildman–Crippen LogP) is 4.58. The maximum atomic E-state index is 14.0. The van der Waals surface area contributed by atoms with E-state index in [-0.39, 0.29) is 24.9 Å². The first kappa shape index (κ1) is 33.5. The number of hydrogen-bond acceptors (Lipinski definition) is 6. The lowest BCUT2D eigenvalue weighted by atomic mass is 9.95. The van der Waals surface area contributed by atoms with E-state index in [1.54, 1.807) is 11.8 Å². The van der Waals surface area contributed by atoms with Crippen molar-refractivity contribution in [1.82, 2.24) is 15.5 Å². The normalized spacial score (nSPS) is 16.8. The number of nitrogens with one attached hydrogen (secondary N) is 2. The van der Waals surface area contributed by atoms with Gasteiger partial charge in [0.25, 0.3) is 0 Å². The van der Waals surface area contributed by atoms with Gasteiger partial charge in [0.15, 0.2) is 0 Å². The van der Waals surface area contributed by atoms with Gasteiger partial charge in [0.2, 0.25) is 5.91 Å². The molecule has 9 heteroatoms. The molecule has 41 heavy (non-hydrogen) atoms. The van der Waals surface area contributed by atoms with E-state index < -0.39 is 23.8 Å². The number of aryl methyl sites for hydroxylation is 1. The number of nitrogens with zero attached hydrogens (tertiary/aromatic N) is 1. The fourth-order valence-electron chi connectivity index (χ4n) is 5.44. The van der Waals surface area contributed by atoms with E-state index in [4.69, 9.17) is 4.74 Å². The quantitative estimate of drug-likeness (QED) is 0.250. The first-order valence-electron chi connectivity index (χ1n) is 14.9. The Labute approximate surface area is 248 Å². The average Bonchev–Trinajstić information content (AvgIpc) is 2.96. The predicted molar refractivity (Wildman–Crippen MR) is 163 cm³/mol. The summed E-state index contributed by atoms with van der Waals surface area (Å²) >= 11 is 1.70. The monoisotopic (exact) mass is 591 g/mol. The molecule has 1 aliphatic heterocycles. The summed E-state index contributed by atoms with van der Waals surface area (Å²) in [7, 11) is 0. The van der Waals surface area contributed by atoms with Crippen LogP contribution in [0.25, 0.3) is 0 Å². The van der Waals surface area contributed by atoms with Gasteiger partial charge in [-0.15, -0.1) is 0 Å². The molecule has 228 valence electrons.